The highest BCUT2D eigenvalue weighted by atomic mass is 16.3. The number of likely N-dealkylation sites (tertiary alicyclic amines) is 1. The van der Waals surface area contributed by atoms with Crippen LogP contribution < -0.4 is 0 Å². The zero-order valence-electron chi connectivity index (χ0n) is 11.6. The van der Waals surface area contributed by atoms with Crippen molar-refractivity contribution < 1.29 is 5.11 Å². The van der Waals surface area contributed by atoms with Crippen molar-refractivity contribution in [3.05, 3.63) is 54.2 Å². The lowest BCUT2D eigenvalue weighted by molar-refractivity contribution is 0.0792. The van der Waals surface area contributed by atoms with Gasteiger partial charge in [0.1, 0.15) is 0 Å². The summed E-state index contributed by atoms with van der Waals surface area (Å²) in [5.41, 5.74) is 3.49. The Hall–Kier alpha value is -1.71. The molecule has 1 aromatic carbocycles. The normalized spacial score (nSPS) is 17.2. The fourth-order valence-electron chi connectivity index (χ4n) is 2.70. The van der Waals surface area contributed by atoms with Gasteiger partial charge in [0.2, 0.25) is 0 Å². The number of aliphatic hydroxyl groups is 1. The quantitative estimate of drug-likeness (QED) is 0.930. The number of nitrogens with zero attached hydrogens (tertiary/aromatic N) is 2. The van der Waals surface area contributed by atoms with E-state index in [1.54, 1.807) is 0 Å². The van der Waals surface area contributed by atoms with Crippen molar-refractivity contribution in [3.63, 3.8) is 0 Å². The molecule has 2 heterocycles. The van der Waals surface area contributed by atoms with Gasteiger partial charge in [-0.2, -0.15) is 0 Å². The van der Waals surface area contributed by atoms with Gasteiger partial charge in [-0.3, -0.25) is 9.88 Å². The molecule has 0 aliphatic carbocycles. The highest BCUT2D eigenvalue weighted by Gasteiger charge is 2.16. The van der Waals surface area contributed by atoms with Crippen LogP contribution >= 0.6 is 0 Å². The molecule has 1 saturated heterocycles. The molecule has 0 saturated carbocycles. The third-order valence-corrected chi connectivity index (χ3v) is 3.85. The molecular formula is C17H20N2O. The van der Waals surface area contributed by atoms with Gasteiger partial charge in [-0.05, 0) is 36.6 Å². The van der Waals surface area contributed by atoms with Gasteiger partial charge >= 0.3 is 0 Å². The zero-order chi connectivity index (χ0) is 13.8. The minimum absolute atomic E-state index is 0.105. The fourth-order valence-corrected chi connectivity index (χ4v) is 2.70. The van der Waals surface area contributed by atoms with Gasteiger partial charge in [-0.25, -0.2) is 0 Å². The number of pyridine rings is 1. The van der Waals surface area contributed by atoms with E-state index in [2.05, 4.69) is 34.1 Å². The zero-order valence-corrected chi connectivity index (χ0v) is 11.6. The van der Waals surface area contributed by atoms with Gasteiger partial charge in [-0.1, -0.05) is 24.3 Å². The summed E-state index contributed by atoms with van der Waals surface area (Å²) in [7, 11) is 0. The summed E-state index contributed by atoms with van der Waals surface area (Å²) in [6.45, 7) is 2.91. The summed E-state index contributed by atoms with van der Waals surface area (Å²) in [5.74, 6) is 0. The highest BCUT2D eigenvalue weighted by Crippen LogP contribution is 2.20. The summed E-state index contributed by atoms with van der Waals surface area (Å²) in [4.78, 5) is 6.81. The molecule has 2 aromatic rings. The summed E-state index contributed by atoms with van der Waals surface area (Å²) in [6, 6.07) is 14.6. The maximum Gasteiger partial charge on any atom is 0.0702 e. The first kappa shape index (κ1) is 13.3. The van der Waals surface area contributed by atoms with Gasteiger partial charge in [-0.15, -0.1) is 0 Å². The molecule has 0 spiro atoms. The van der Waals surface area contributed by atoms with E-state index in [1.807, 2.05) is 24.4 Å². The Labute approximate surface area is 119 Å². The second kappa shape index (κ2) is 6.16. The Balaban J connectivity index is 1.72. The Kier molecular flexibility index (Phi) is 4.09. The van der Waals surface area contributed by atoms with Gasteiger partial charge in [0.05, 0.1) is 11.8 Å². The van der Waals surface area contributed by atoms with Crippen LogP contribution in [0.4, 0.5) is 0 Å². The number of aliphatic hydroxyl groups excluding tert-OH is 1. The maximum atomic E-state index is 9.55. The molecule has 3 heteroatoms. The lowest BCUT2D eigenvalue weighted by Gasteiger charge is -2.29. The van der Waals surface area contributed by atoms with Crippen molar-refractivity contribution in [1.29, 1.82) is 0 Å². The molecule has 1 aliphatic heterocycles. The number of hydrogen-bond donors (Lipinski definition) is 1. The Morgan fingerprint density at radius 2 is 1.95 bits per heavy atom. The molecule has 20 heavy (non-hydrogen) atoms. The van der Waals surface area contributed by atoms with Crippen LogP contribution in [-0.2, 0) is 6.54 Å². The average molecular weight is 268 g/mol. The minimum atomic E-state index is -0.105. The largest absolute Gasteiger partial charge is 0.393 e. The lowest BCUT2D eigenvalue weighted by atomic mass is 10.0. The molecule has 0 unspecified atom stereocenters. The van der Waals surface area contributed by atoms with Crippen molar-refractivity contribution in [1.82, 2.24) is 9.88 Å². The number of piperidine rings is 1. The van der Waals surface area contributed by atoms with Crippen molar-refractivity contribution in [3.8, 4) is 11.3 Å². The lowest BCUT2D eigenvalue weighted by Crippen LogP contribution is -2.35. The van der Waals surface area contributed by atoms with Gasteiger partial charge in [0, 0.05) is 31.4 Å². The first-order valence-corrected chi connectivity index (χ1v) is 7.22. The standard InChI is InChI=1S/C17H20N2O/c20-16-7-10-19(11-8-16)13-14-4-3-5-15(12-14)17-6-1-2-9-18-17/h1-6,9,12,16,20H,7-8,10-11,13H2. The van der Waals surface area contributed by atoms with E-state index in [4.69, 9.17) is 0 Å². The van der Waals surface area contributed by atoms with Crippen LogP contribution in [-0.4, -0.2) is 34.2 Å². The first-order valence-electron chi connectivity index (χ1n) is 7.22. The predicted molar refractivity (Wildman–Crippen MR) is 80.2 cm³/mol. The van der Waals surface area contributed by atoms with Crippen LogP contribution in [0.1, 0.15) is 18.4 Å². The number of hydrogen-bond acceptors (Lipinski definition) is 3. The van der Waals surface area contributed by atoms with Crippen LogP contribution in [0, 0.1) is 0 Å². The molecule has 0 bridgehead atoms. The summed E-state index contributed by atoms with van der Waals surface area (Å²) in [5, 5.41) is 9.55. The maximum absolute atomic E-state index is 9.55. The SMILES string of the molecule is OC1CCN(Cc2cccc(-c3ccccn3)c2)CC1. The summed E-state index contributed by atoms with van der Waals surface area (Å²) >= 11 is 0. The second-order valence-electron chi connectivity index (χ2n) is 5.42. The number of aromatic nitrogens is 1. The number of rotatable bonds is 3. The van der Waals surface area contributed by atoms with Crippen molar-refractivity contribution in [2.24, 2.45) is 0 Å². The summed E-state index contributed by atoms with van der Waals surface area (Å²) < 4.78 is 0. The molecule has 1 aliphatic rings. The van der Waals surface area contributed by atoms with Crippen LogP contribution in [0.15, 0.2) is 48.7 Å². The molecule has 1 fully saturated rings. The molecule has 3 nitrogen and oxygen atoms in total. The van der Waals surface area contributed by atoms with Crippen molar-refractivity contribution in [2.45, 2.75) is 25.5 Å². The van der Waals surface area contributed by atoms with Crippen LogP contribution in [0.25, 0.3) is 11.3 Å². The van der Waals surface area contributed by atoms with E-state index in [0.717, 1.165) is 38.2 Å². The molecule has 0 radical (unpaired) electrons. The molecule has 104 valence electrons. The van der Waals surface area contributed by atoms with E-state index < -0.39 is 0 Å². The summed E-state index contributed by atoms with van der Waals surface area (Å²) in [6.07, 6.45) is 3.50. The Morgan fingerprint density at radius 1 is 1.10 bits per heavy atom. The Bertz CT molecular complexity index is 548. The van der Waals surface area contributed by atoms with Crippen LogP contribution in [0.2, 0.25) is 0 Å². The van der Waals surface area contributed by atoms with Gasteiger partial charge < -0.3 is 5.11 Å². The third-order valence-electron chi connectivity index (χ3n) is 3.85. The fraction of sp³-hybridized carbons (Fsp3) is 0.353. The predicted octanol–water partition coefficient (Wildman–Crippen LogP) is 2.71. The highest BCUT2D eigenvalue weighted by molar-refractivity contribution is 5.59. The smallest absolute Gasteiger partial charge is 0.0702 e. The first-order chi connectivity index (χ1) is 9.81. The topological polar surface area (TPSA) is 36.4 Å². The Morgan fingerprint density at radius 3 is 2.70 bits per heavy atom. The average Bonchev–Trinajstić information content (AvgIpc) is 2.51. The van der Waals surface area contributed by atoms with Gasteiger partial charge in [0.25, 0.3) is 0 Å². The third kappa shape index (κ3) is 3.24. The van der Waals surface area contributed by atoms with Crippen LogP contribution in [0.3, 0.4) is 0 Å². The van der Waals surface area contributed by atoms with Crippen molar-refractivity contribution >= 4 is 0 Å². The molecule has 0 amide bonds. The van der Waals surface area contributed by atoms with E-state index in [1.165, 1.54) is 11.1 Å². The number of benzene rings is 1. The monoisotopic (exact) mass is 268 g/mol. The second-order valence-corrected chi connectivity index (χ2v) is 5.42. The molecule has 1 aromatic heterocycles. The molecule has 1 N–H and O–H groups in total. The van der Waals surface area contributed by atoms with Crippen LogP contribution in [0.5, 0.6) is 0 Å². The van der Waals surface area contributed by atoms with E-state index in [9.17, 15) is 5.11 Å². The molecular weight excluding hydrogens is 248 g/mol. The molecule has 0 atom stereocenters. The molecule has 3 rings (SSSR count). The van der Waals surface area contributed by atoms with Gasteiger partial charge in [0.15, 0.2) is 0 Å². The van der Waals surface area contributed by atoms with E-state index >= 15 is 0 Å². The minimum Gasteiger partial charge on any atom is -0.393 e. The van der Waals surface area contributed by atoms with E-state index in [-0.39, 0.29) is 6.10 Å². The van der Waals surface area contributed by atoms with E-state index in [0.29, 0.717) is 0 Å². The van der Waals surface area contributed by atoms with Crippen molar-refractivity contribution in [2.75, 3.05) is 13.1 Å².